The number of aromatic nitrogens is 1. The molecule has 3 rings (SSSR count). The van der Waals surface area contributed by atoms with E-state index in [0.717, 1.165) is 33.1 Å². The molecule has 0 aliphatic rings. The van der Waals surface area contributed by atoms with E-state index in [4.69, 9.17) is 10.5 Å². The average Bonchev–Trinajstić information content (AvgIpc) is 2.85. The van der Waals surface area contributed by atoms with Crippen molar-refractivity contribution in [2.75, 3.05) is 12.4 Å². The summed E-state index contributed by atoms with van der Waals surface area (Å²) in [6, 6.07) is 9.98. The highest BCUT2D eigenvalue weighted by atomic mass is 16.5. The standard InChI is InChI=1S/C17H19N3O2/c1-9-14(19-10(2)22-3)8-12-11-6-4-5-7-13(11)20-16(12)15(9)17(18)21/h4-8,10,19-20H,1-3H3,(H2,18,21). The number of carbonyl (C=O) groups excluding carboxylic acids is 1. The number of hydrogen-bond acceptors (Lipinski definition) is 3. The molecule has 0 spiro atoms. The lowest BCUT2D eigenvalue weighted by atomic mass is 10.0. The lowest BCUT2D eigenvalue weighted by molar-refractivity contribution is 0.100. The van der Waals surface area contributed by atoms with Crippen molar-refractivity contribution in [1.29, 1.82) is 0 Å². The Morgan fingerprint density at radius 1 is 1.32 bits per heavy atom. The third kappa shape index (κ3) is 2.19. The fourth-order valence-electron chi connectivity index (χ4n) is 2.82. The summed E-state index contributed by atoms with van der Waals surface area (Å²) in [6.45, 7) is 3.79. The Bertz CT molecular complexity index is 867. The zero-order valence-corrected chi connectivity index (χ0v) is 12.9. The van der Waals surface area contributed by atoms with Crippen molar-refractivity contribution in [3.63, 3.8) is 0 Å². The molecular weight excluding hydrogens is 278 g/mol. The van der Waals surface area contributed by atoms with Gasteiger partial charge < -0.3 is 20.8 Å². The molecule has 1 unspecified atom stereocenters. The van der Waals surface area contributed by atoms with Gasteiger partial charge in [0.1, 0.15) is 6.23 Å². The zero-order chi connectivity index (χ0) is 15.9. The van der Waals surface area contributed by atoms with Gasteiger partial charge in [-0.3, -0.25) is 4.79 Å². The number of carbonyl (C=O) groups is 1. The van der Waals surface area contributed by atoms with E-state index in [0.29, 0.717) is 5.56 Å². The summed E-state index contributed by atoms with van der Waals surface area (Å²) in [4.78, 5) is 15.3. The number of aromatic amines is 1. The quantitative estimate of drug-likeness (QED) is 0.647. The normalized spacial score (nSPS) is 12.7. The van der Waals surface area contributed by atoms with Gasteiger partial charge in [-0.15, -0.1) is 0 Å². The Morgan fingerprint density at radius 2 is 2.05 bits per heavy atom. The smallest absolute Gasteiger partial charge is 0.251 e. The second-order valence-corrected chi connectivity index (χ2v) is 5.40. The van der Waals surface area contributed by atoms with Crippen LogP contribution in [0.2, 0.25) is 0 Å². The molecule has 114 valence electrons. The van der Waals surface area contributed by atoms with E-state index >= 15 is 0 Å². The van der Waals surface area contributed by atoms with E-state index in [-0.39, 0.29) is 6.23 Å². The molecule has 5 nitrogen and oxygen atoms in total. The van der Waals surface area contributed by atoms with Crippen molar-refractivity contribution in [3.8, 4) is 0 Å². The Morgan fingerprint density at radius 3 is 2.73 bits per heavy atom. The van der Waals surface area contributed by atoms with Crippen molar-refractivity contribution >= 4 is 33.4 Å². The van der Waals surface area contributed by atoms with Crippen LogP contribution in [0.4, 0.5) is 5.69 Å². The molecule has 1 heterocycles. The third-order valence-corrected chi connectivity index (χ3v) is 4.02. The number of ether oxygens (including phenoxy) is 1. The number of hydrogen-bond donors (Lipinski definition) is 3. The van der Waals surface area contributed by atoms with Crippen molar-refractivity contribution in [1.82, 2.24) is 4.98 Å². The molecule has 0 aliphatic heterocycles. The number of nitrogens with one attached hydrogen (secondary N) is 2. The lowest BCUT2D eigenvalue weighted by Crippen LogP contribution is -2.20. The van der Waals surface area contributed by atoms with Crippen LogP contribution < -0.4 is 11.1 Å². The van der Waals surface area contributed by atoms with Crippen molar-refractivity contribution in [2.24, 2.45) is 5.73 Å². The number of nitrogens with two attached hydrogens (primary N) is 1. The molecular formula is C17H19N3O2. The summed E-state index contributed by atoms with van der Waals surface area (Å²) in [7, 11) is 1.63. The largest absolute Gasteiger partial charge is 0.366 e. The molecule has 5 heteroatoms. The summed E-state index contributed by atoms with van der Waals surface area (Å²) in [6.07, 6.45) is -0.165. The van der Waals surface area contributed by atoms with Gasteiger partial charge in [-0.05, 0) is 31.5 Å². The third-order valence-electron chi connectivity index (χ3n) is 4.02. The van der Waals surface area contributed by atoms with Gasteiger partial charge in [-0.1, -0.05) is 18.2 Å². The molecule has 0 bridgehead atoms. The van der Waals surface area contributed by atoms with Crippen LogP contribution in [0, 0.1) is 6.92 Å². The Balaban J connectivity index is 2.36. The maximum atomic E-state index is 12.0. The molecule has 0 aliphatic carbocycles. The summed E-state index contributed by atoms with van der Waals surface area (Å²) < 4.78 is 5.26. The van der Waals surface area contributed by atoms with Crippen LogP contribution in [0.15, 0.2) is 30.3 Å². The van der Waals surface area contributed by atoms with Crippen molar-refractivity contribution < 1.29 is 9.53 Å². The van der Waals surface area contributed by atoms with Gasteiger partial charge in [0, 0.05) is 29.1 Å². The molecule has 1 atom stereocenters. The van der Waals surface area contributed by atoms with E-state index in [1.807, 2.05) is 44.2 Å². The molecule has 0 fully saturated rings. The number of anilines is 1. The van der Waals surface area contributed by atoms with Crippen LogP contribution in [0.3, 0.4) is 0 Å². The van der Waals surface area contributed by atoms with E-state index in [2.05, 4.69) is 10.3 Å². The van der Waals surface area contributed by atoms with Gasteiger partial charge in [0.2, 0.25) is 0 Å². The first-order valence-corrected chi connectivity index (χ1v) is 7.16. The van der Waals surface area contributed by atoms with Crippen molar-refractivity contribution in [2.45, 2.75) is 20.1 Å². The fraction of sp³-hybridized carbons (Fsp3) is 0.235. The molecule has 4 N–H and O–H groups in total. The number of para-hydroxylation sites is 1. The highest BCUT2D eigenvalue weighted by molar-refractivity contribution is 6.16. The second kappa shape index (κ2) is 5.35. The molecule has 1 amide bonds. The van der Waals surface area contributed by atoms with Crippen LogP contribution in [0.25, 0.3) is 21.8 Å². The summed E-state index contributed by atoms with van der Waals surface area (Å²) in [5.41, 5.74) is 9.56. The first kappa shape index (κ1) is 14.4. The highest BCUT2D eigenvalue weighted by Crippen LogP contribution is 2.33. The Hall–Kier alpha value is -2.53. The summed E-state index contributed by atoms with van der Waals surface area (Å²) in [5.74, 6) is -0.442. The monoisotopic (exact) mass is 297 g/mol. The van der Waals surface area contributed by atoms with E-state index < -0.39 is 5.91 Å². The predicted octanol–water partition coefficient (Wildman–Crippen LogP) is 3.13. The van der Waals surface area contributed by atoms with E-state index in [1.54, 1.807) is 7.11 Å². The molecule has 2 aromatic carbocycles. The number of amides is 1. The van der Waals surface area contributed by atoms with Gasteiger partial charge in [0.15, 0.2) is 0 Å². The first-order chi connectivity index (χ1) is 10.5. The highest BCUT2D eigenvalue weighted by Gasteiger charge is 2.18. The molecule has 3 aromatic rings. The molecule has 1 aromatic heterocycles. The van der Waals surface area contributed by atoms with Gasteiger partial charge in [0.25, 0.3) is 5.91 Å². The lowest BCUT2D eigenvalue weighted by Gasteiger charge is -2.17. The number of methoxy groups -OCH3 is 1. The number of H-pyrrole nitrogens is 1. The summed E-state index contributed by atoms with van der Waals surface area (Å²) >= 11 is 0. The number of rotatable bonds is 4. The number of fused-ring (bicyclic) bond motifs is 3. The SMILES string of the molecule is COC(C)Nc1cc2c([nH]c3ccccc32)c(C(N)=O)c1C. The maximum Gasteiger partial charge on any atom is 0.251 e. The first-order valence-electron chi connectivity index (χ1n) is 7.16. The minimum absolute atomic E-state index is 0.165. The van der Waals surface area contributed by atoms with Crippen LogP contribution in [-0.2, 0) is 4.74 Å². The summed E-state index contributed by atoms with van der Waals surface area (Å²) in [5, 5.41) is 5.29. The topological polar surface area (TPSA) is 80.1 Å². The van der Waals surface area contributed by atoms with E-state index in [9.17, 15) is 4.79 Å². The van der Waals surface area contributed by atoms with Crippen molar-refractivity contribution in [3.05, 3.63) is 41.5 Å². The van der Waals surface area contributed by atoms with Gasteiger partial charge in [0.05, 0.1) is 11.1 Å². The maximum absolute atomic E-state index is 12.0. The van der Waals surface area contributed by atoms with Crippen LogP contribution in [0.1, 0.15) is 22.8 Å². The molecule has 0 saturated carbocycles. The zero-order valence-electron chi connectivity index (χ0n) is 12.9. The molecule has 0 radical (unpaired) electrons. The minimum atomic E-state index is -0.442. The van der Waals surface area contributed by atoms with Crippen LogP contribution in [-0.4, -0.2) is 24.2 Å². The Kier molecular flexibility index (Phi) is 3.50. The van der Waals surface area contributed by atoms with E-state index in [1.165, 1.54) is 0 Å². The van der Waals surface area contributed by atoms with Crippen LogP contribution in [0.5, 0.6) is 0 Å². The Labute approximate surface area is 128 Å². The second-order valence-electron chi connectivity index (χ2n) is 5.40. The fourth-order valence-corrected chi connectivity index (χ4v) is 2.82. The van der Waals surface area contributed by atoms with Crippen LogP contribution >= 0.6 is 0 Å². The number of benzene rings is 2. The molecule has 0 saturated heterocycles. The minimum Gasteiger partial charge on any atom is -0.366 e. The number of primary amides is 1. The van der Waals surface area contributed by atoms with Gasteiger partial charge in [-0.25, -0.2) is 0 Å². The average molecular weight is 297 g/mol. The predicted molar refractivity (Wildman–Crippen MR) is 89.2 cm³/mol. The van der Waals surface area contributed by atoms with Gasteiger partial charge >= 0.3 is 0 Å². The molecule has 22 heavy (non-hydrogen) atoms. The van der Waals surface area contributed by atoms with Gasteiger partial charge in [-0.2, -0.15) is 0 Å².